The van der Waals surface area contributed by atoms with Gasteiger partial charge in [0.15, 0.2) is 6.29 Å². The molecule has 2 aliphatic carbocycles. The fourth-order valence-corrected chi connectivity index (χ4v) is 5.22. The molecular weight excluding hydrogens is 228 g/mol. The van der Waals surface area contributed by atoms with Gasteiger partial charge in [0, 0.05) is 17.9 Å². The van der Waals surface area contributed by atoms with Crippen molar-refractivity contribution < 1.29 is 14.6 Å². The molecular formula is C15H22O3. The van der Waals surface area contributed by atoms with E-state index in [4.69, 9.17) is 9.47 Å². The lowest BCUT2D eigenvalue weighted by atomic mass is 9.48. The van der Waals surface area contributed by atoms with Crippen LogP contribution in [0.2, 0.25) is 0 Å². The van der Waals surface area contributed by atoms with E-state index in [1.54, 1.807) is 0 Å². The molecule has 0 aromatic heterocycles. The number of allylic oxidation sites excluding steroid dienone is 1. The van der Waals surface area contributed by atoms with E-state index in [0.29, 0.717) is 18.4 Å². The molecule has 5 atom stereocenters. The van der Waals surface area contributed by atoms with Crippen molar-refractivity contribution in [3.63, 3.8) is 0 Å². The third-order valence-electron chi connectivity index (χ3n) is 6.12. The van der Waals surface area contributed by atoms with Crippen molar-refractivity contribution in [2.75, 3.05) is 19.8 Å². The Bertz CT molecular complexity index is 401. The molecule has 3 heteroatoms. The highest BCUT2D eigenvalue weighted by atomic mass is 16.7. The zero-order valence-electron chi connectivity index (χ0n) is 11.0. The summed E-state index contributed by atoms with van der Waals surface area (Å²) in [5.41, 5.74) is 1.79. The molecule has 3 fully saturated rings. The smallest absolute Gasteiger partial charge is 0.165 e. The van der Waals surface area contributed by atoms with Crippen molar-refractivity contribution in [1.29, 1.82) is 0 Å². The minimum atomic E-state index is 0.0000860. The monoisotopic (exact) mass is 250 g/mol. The zero-order chi connectivity index (χ0) is 12.4. The zero-order valence-corrected chi connectivity index (χ0v) is 11.0. The van der Waals surface area contributed by atoms with Crippen LogP contribution in [0.4, 0.5) is 0 Å². The van der Waals surface area contributed by atoms with Gasteiger partial charge in [-0.25, -0.2) is 0 Å². The molecule has 4 rings (SSSR count). The minimum absolute atomic E-state index is 0.0000860. The van der Waals surface area contributed by atoms with E-state index in [0.717, 1.165) is 26.1 Å². The van der Waals surface area contributed by atoms with Gasteiger partial charge < -0.3 is 14.6 Å². The quantitative estimate of drug-likeness (QED) is 0.724. The maximum absolute atomic E-state index is 9.86. The van der Waals surface area contributed by atoms with Crippen molar-refractivity contribution in [3.05, 3.63) is 11.6 Å². The van der Waals surface area contributed by atoms with Gasteiger partial charge in [-0.3, -0.25) is 0 Å². The fourth-order valence-electron chi connectivity index (χ4n) is 5.22. The van der Waals surface area contributed by atoms with Crippen molar-refractivity contribution in [2.24, 2.45) is 22.7 Å². The molecule has 100 valence electrons. The molecule has 3 nitrogen and oxygen atoms in total. The molecule has 0 amide bonds. The van der Waals surface area contributed by atoms with Crippen LogP contribution in [0.25, 0.3) is 0 Å². The number of ether oxygens (including phenoxy) is 2. The molecule has 2 heterocycles. The van der Waals surface area contributed by atoms with Crippen molar-refractivity contribution in [1.82, 2.24) is 0 Å². The van der Waals surface area contributed by atoms with Gasteiger partial charge in [0.1, 0.15) is 0 Å². The topological polar surface area (TPSA) is 38.7 Å². The standard InChI is InChI=1S/C15H22O3/c1-14(8-16)5-2-6-15-9-18-13-12(15)10(7-17-13)3-4-11(14)15/h3,11-13,16H,2,4-9H2,1H3/t11-,12+,13+,14-,15+/m0/s1. The summed E-state index contributed by atoms with van der Waals surface area (Å²) < 4.78 is 11.7. The Hall–Kier alpha value is -0.380. The highest BCUT2D eigenvalue weighted by Gasteiger charge is 2.63. The largest absolute Gasteiger partial charge is 0.396 e. The summed E-state index contributed by atoms with van der Waals surface area (Å²) in [5.74, 6) is 1.03. The van der Waals surface area contributed by atoms with Crippen molar-refractivity contribution in [2.45, 2.75) is 38.9 Å². The summed E-state index contributed by atoms with van der Waals surface area (Å²) >= 11 is 0. The Labute approximate surface area is 108 Å². The van der Waals surface area contributed by atoms with Crippen LogP contribution in [-0.2, 0) is 9.47 Å². The van der Waals surface area contributed by atoms with Crippen LogP contribution in [0, 0.1) is 22.7 Å². The van der Waals surface area contributed by atoms with Crippen LogP contribution in [0.5, 0.6) is 0 Å². The first-order chi connectivity index (χ1) is 8.70. The molecule has 4 aliphatic rings. The van der Waals surface area contributed by atoms with Crippen LogP contribution >= 0.6 is 0 Å². The SMILES string of the molecule is C[C@@]1(CO)CCC[C@@]23CO[C@H]4OCC(=CC[C@@H]12)[C@H]43. The van der Waals surface area contributed by atoms with E-state index in [1.807, 2.05) is 0 Å². The minimum Gasteiger partial charge on any atom is -0.396 e. The molecule has 2 aliphatic heterocycles. The Morgan fingerprint density at radius 2 is 2.28 bits per heavy atom. The maximum Gasteiger partial charge on any atom is 0.165 e. The predicted octanol–water partition coefficient (Wildman–Crippen LogP) is 2.10. The second kappa shape index (κ2) is 3.59. The highest BCUT2D eigenvalue weighted by Crippen LogP contribution is 2.64. The summed E-state index contributed by atoms with van der Waals surface area (Å²) in [6.07, 6.45) is 7.09. The predicted molar refractivity (Wildman–Crippen MR) is 66.8 cm³/mol. The second-order valence-corrected chi connectivity index (χ2v) is 6.93. The molecule has 2 saturated heterocycles. The average molecular weight is 250 g/mol. The number of aliphatic hydroxyl groups is 1. The van der Waals surface area contributed by atoms with E-state index < -0.39 is 0 Å². The fraction of sp³-hybridized carbons (Fsp3) is 0.867. The number of hydrogen-bond donors (Lipinski definition) is 1. The average Bonchev–Trinajstić information content (AvgIpc) is 2.96. The maximum atomic E-state index is 9.86. The molecule has 1 N–H and O–H groups in total. The summed E-state index contributed by atoms with van der Waals surface area (Å²) in [6, 6.07) is 0. The number of hydrogen-bond acceptors (Lipinski definition) is 3. The van der Waals surface area contributed by atoms with Crippen LogP contribution in [0.15, 0.2) is 11.6 Å². The summed E-state index contributed by atoms with van der Waals surface area (Å²) in [4.78, 5) is 0. The van der Waals surface area contributed by atoms with Gasteiger partial charge in [-0.2, -0.15) is 0 Å². The molecule has 0 aromatic carbocycles. The molecule has 1 saturated carbocycles. The van der Waals surface area contributed by atoms with Crippen LogP contribution < -0.4 is 0 Å². The summed E-state index contributed by atoms with van der Waals surface area (Å²) in [5, 5.41) is 9.86. The van der Waals surface area contributed by atoms with Crippen LogP contribution in [0.3, 0.4) is 0 Å². The van der Waals surface area contributed by atoms with Gasteiger partial charge in [0.25, 0.3) is 0 Å². The van der Waals surface area contributed by atoms with Crippen molar-refractivity contribution in [3.8, 4) is 0 Å². The number of aliphatic hydroxyl groups excluding tert-OH is 1. The first kappa shape index (κ1) is 11.4. The van der Waals surface area contributed by atoms with E-state index >= 15 is 0 Å². The van der Waals surface area contributed by atoms with Gasteiger partial charge >= 0.3 is 0 Å². The molecule has 1 spiro atoms. The lowest BCUT2D eigenvalue weighted by molar-refractivity contribution is -0.0927. The summed E-state index contributed by atoms with van der Waals surface area (Å²) in [6.45, 7) is 4.17. The molecule has 18 heavy (non-hydrogen) atoms. The van der Waals surface area contributed by atoms with Gasteiger partial charge in [-0.15, -0.1) is 0 Å². The van der Waals surface area contributed by atoms with Gasteiger partial charge in [-0.05, 0) is 36.2 Å². The molecule has 0 aromatic rings. The Morgan fingerprint density at radius 3 is 3.11 bits per heavy atom. The highest BCUT2D eigenvalue weighted by molar-refractivity contribution is 5.26. The third kappa shape index (κ3) is 1.21. The first-order valence-electron chi connectivity index (χ1n) is 7.23. The first-order valence-corrected chi connectivity index (χ1v) is 7.23. The van der Waals surface area contributed by atoms with Gasteiger partial charge in [0.05, 0.1) is 13.2 Å². The van der Waals surface area contributed by atoms with E-state index in [1.165, 1.54) is 18.4 Å². The molecule has 0 radical (unpaired) electrons. The van der Waals surface area contributed by atoms with Gasteiger partial charge in [-0.1, -0.05) is 19.4 Å². The molecule has 0 unspecified atom stereocenters. The van der Waals surface area contributed by atoms with Crippen molar-refractivity contribution >= 4 is 0 Å². The lowest BCUT2D eigenvalue weighted by Crippen LogP contribution is -2.52. The van der Waals surface area contributed by atoms with Crippen LogP contribution in [0.1, 0.15) is 32.6 Å². The number of rotatable bonds is 1. The van der Waals surface area contributed by atoms with E-state index in [2.05, 4.69) is 13.0 Å². The van der Waals surface area contributed by atoms with E-state index in [-0.39, 0.29) is 17.1 Å². The third-order valence-corrected chi connectivity index (χ3v) is 6.12. The normalized spacial score (nSPS) is 53.9. The van der Waals surface area contributed by atoms with Gasteiger partial charge in [0.2, 0.25) is 0 Å². The lowest BCUT2D eigenvalue weighted by Gasteiger charge is -2.55. The summed E-state index contributed by atoms with van der Waals surface area (Å²) in [7, 11) is 0. The van der Waals surface area contributed by atoms with E-state index in [9.17, 15) is 5.11 Å². The Balaban J connectivity index is 1.81. The second-order valence-electron chi connectivity index (χ2n) is 6.93. The Kier molecular flexibility index (Phi) is 2.28. The molecule has 0 bridgehead atoms. The Morgan fingerprint density at radius 1 is 1.39 bits per heavy atom. The van der Waals surface area contributed by atoms with Crippen LogP contribution in [-0.4, -0.2) is 31.2 Å².